The molecule has 0 aliphatic heterocycles. The second-order valence-electron chi connectivity index (χ2n) is 5.26. The van der Waals surface area contributed by atoms with Crippen LogP contribution in [0.25, 0.3) is 0 Å². The van der Waals surface area contributed by atoms with E-state index in [-0.39, 0.29) is 23.7 Å². The fraction of sp³-hybridized carbons (Fsp3) is 0.533. The summed E-state index contributed by atoms with van der Waals surface area (Å²) in [6.07, 6.45) is 1.82. The molecule has 0 heterocycles. The smallest absolute Gasteiger partial charge is 0.230 e. The van der Waals surface area contributed by atoms with Crippen LogP contribution in [0.5, 0.6) is 0 Å². The Morgan fingerprint density at radius 3 is 2.70 bits per heavy atom. The van der Waals surface area contributed by atoms with E-state index in [1.807, 2.05) is 24.3 Å². The van der Waals surface area contributed by atoms with E-state index < -0.39 is 0 Å². The lowest BCUT2D eigenvalue weighted by atomic mass is 9.95. The molecule has 0 saturated heterocycles. The van der Waals surface area contributed by atoms with Gasteiger partial charge in [0.2, 0.25) is 5.91 Å². The van der Waals surface area contributed by atoms with Gasteiger partial charge in [-0.25, -0.2) is 0 Å². The molecule has 3 nitrogen and oxygen atoms in total. The van der Waals surface area contributed by atoms with E-state index >= 15 is 0 Å². The molecule has 5 heteroatoms. The first-order chi connectivity index (χ1) is 9.08. The number of nitrogens with one attached hydrogen (secondary N) is 2. The number of halogens is 2. The van der Waals surface area contributed by atoms with Gasteiger partial charge in [0, 0.05) is 17.6 Å². The van der Waals surface area contributed by atoms with Crippen LogP contribution >= 0.6 is 24.0 Å². The van der Waals surface area contributed by atoms with Crippen molar-refractivity contribution in [1.29, 1.82) is 0 Å². The van der Waals surface area contributed by atoms with Crippen LogP contribution in [0.2, 0.25) is 5.02 Å². The van der Waals surface area contributed by atoms with Gasteiger partial charge in [-0.3, -0.25) is 4.79 Å². The van der Waals surface area contributed by atoms with Gasteiger partial charge in [-0.05, 0) is 44.0 Å². The second-order valence-corrected chi connectivity index (χ2v) is 5.70. The van der Waals surface area contributed by atoms with Gasteiger partial charge >= 0.3 is 0 Å². The third kappa shape index (κ3) is 3.87. The minimum absolute atomic E-state index is 0. The molecule has 1 aliphatic carbocycles. The van der Waals surface area contributed by atoms with E-state index in [9.17, 15) is 4.79 Å². The van der Waals surface area contributed by atoms with Gasteiger partial charge in [-0.2, -0.15) is 0 Å². The van der Waals surface area contributed by atoms with Crippen LogP contribution in [0.1, 0.15) is 32.3 Å². The van der Waals surface area contributed by atoms with Gasteiger partial charge in [0.15, 0.2) is 0 Å². The normalized spacial score (nSPS) is 16.9. The molecule has 112 valence electrons. The summed E-state index contributed by atoms with van der Waals surface area (Å²) in [7, 11) is 0. The van der Waals surface area contributed by atoms with Gasteiger partial charge in [0.25, 0.3) is 0 Å². The highest BCUT2D eigenvalue weighted by molar-refractivity contribution is 6.30. The van der Waals surface area contributed by atoms with E-state index in [1.54, 1.807) is 0 Å². The maximum Gasteiger partial charge on any atom is 0.230 e. The van der Waals surface area contributed by atoms with Crippen molar-refractivity contribution in [2.24, 2.45) is 0 Å². The van der Waals surface area contributed by atoms with E-state index in [2.05, 4.69) is 24.5 Å². The maximum absolute atomic E-state index is 12.4. The van der Waals surface area contributed by atoms with Crippen LogP contribution in [0.15, 0.2) is 24.3 Å². The molecule has 1 aliphatic rings. The van der Waals surface area contributed by atoms with Crippen molar-refractivity contribution in [3.8, 4) is 0 Å². The Balaban J connectivity index is 0.00000200. The fourth-order valence-electron chi connectivity index (χ4n) is 2.39. The summed E-state index contributed by atoms with van der Waals surface area (Å²) in [5.74, 6) is 0.125. The number of amides is 1. The lowest BCUT2D eigenvalue weighted by Crippen LogP contribution is -2.42. The summed E-state index contributed by atoms with van der Waals surface area (Å²) < 4.78 is 0. The summed E-state index contributed by atoms with van der Waals surface area (Å²) in [6, 6.07) is 7.94. The van der Waals surface area contributed by atoms with Gasteiger partial charge in [-0.15, -0.1) is 12.4 Å². The first-order valence-electron chi connectivity index (χ1n) is 6.86. The number of likely N-dealkylation sites (N-methyl/N-ethyl adjacent to an activating group) is 1. The maximum atomic E-state index is 12.4. The van der Waals surface area contributed by atoms with Crippen LogP contribution in [-0.4, -0.2) is 25.0 Å². The molecule has 20 heavy (non-hydrogen) atoms. The van der Waals surface area contributed by atoms with Crippen LogP contribution in [0, 0.1) is 0 Å². The van der Waals surface area contributed by atoms with Crippen molar-refractivity contribution >= 4 is 29.9 Å². The molecule has 0 spiro atoms. The first-order valence-corrected chi connectivity index (χ1v) is 7.24. The highest BCUT2D eigenvalue weighted by Gasteiger charge is 2.51. The fourth-order valence-corrected chi connectivity index (χ4v) is 2.58. The van der Waals surface area contributed by atoms with Crippen molar-refractivity contribution in [2.75, 3.05) is 13.1 Å². The Kier molecular flexibility index (Phi) is 6.31. The summed E-state index contributed by atoms with van der Waals surface area (Å²) in [5.41, 5.74) is 0.699. The zero-order chi connectivity index (χ0) is 13.9. The standard InChI is InChI=1S/C15H21ClN2O.ClH/c1-3-17-11(2)10-18-14(19)15(7-8-15)12-5-4-6-13(16)9-12;/h4-6,9,11,17H,3,7-8,10H2,1-2H3,(H,18,19);1H/t11-;/m1./s1. The monoisotopic (exact) mass is 316 g/mol. The van der Waals surface area contributed by atoms with Crippen LogP contribution < -0.4 is 10.6 Å². The predicted octanol–water partition coefficient (Wildman–Crippen LogP) is 2.91. The Morgan fingerprint density at radius 1 is 1.45 bits per heavy atom. The van der Waals surface area contributed by atoms with Crippen molar-refractivity contribution in [3.05, 3.63) is 34.9 Å². The minimum atomic E-state index is -0.336. The van der Waals surface area contributed by atoms with Crippen LogP contribution in [0.4, 0.5) is 0 Å². The van der Waals surface area contributed by atoms with Crippen molar-refractivity contribution in [2.45, 2.75) is 38.1 Å². The molecular weight excluding hydrogens is 295 g/mol. The lowest BCUT2D eigenvalue weighted by molar-refractivity contribution is -0.123. The number of hydrogen-bond acceptors (Lipinski definition) is 2. The average molecular weight is 317 g/mol. The van der Waals surface area contributed by atoms with Gasteiger partial charge in [-0.1, -0.05) is 30.7 Å². The Bertz CT molecular complexity index is 461. The molecule has 1 aromatic carbocycles. The summed E-state index contributed by atoms with van der Waals surface area (Å²) >= 11 is 6.01. The number of hydrogen-bond donors (Lipinski definition) is 2. The highest BCUT2D eigenvalue weighted by Crippen LogP contribution is 2.48. The van der Waals surface area contributed by atoms with Gasteiger partial charge < -0.3 is 10.6 Å². The zero-order valence-electron chi connectivity index (χ0n) is 11.9. The average Bonchev–Trinajstić information content (AvgIpc) is 3.18. The van der Waals surface area contributed by atoms with Gasteiger partial charge in [0.05, 0.1) is 5.41 Å². The zero-order valence-corrected chi connectivity index (χ0v) is 13.5. The minimum Gasteiger partial charge on any atom is -0.354 e. The molecule has 1 atom stereocenters. The molecule has 1 amide bonds. The van der Waals surface area contributed by atoms with E-state index in [1.165, 1.54) is 0 Å². The second kappa shape index (κ2) is 7.30. The third-order valence-corrected chi connectivity index (χ3v) is 3.92. The summed E-state index contributed by atoms with van der Waals surface area (Å²) in [5, 5.41) is 7.02. The predicted molar refractivity (Wildman–Crippen MR) is 85.8 cm³/mol. The Labute approximate surface area is 131 Å². The topological polar surface area (TPSA) is 41.1 Å². The molecule has 0 radical (unpaired) electrons. The van der Waals surface area contributed by atoms with Crippen molar-refractivity contribution < 1.29 is 4.79 Å². The molecule has 0 unspecified atom stereocenters. The van der Waals surface area contributed by atoms with E-state index in [0.29, 0.717) is 17.6 Å². The van der Waals surface area contributed by atoms with Crippen LogP contribution in [0.3, 0.4) is 0 Å². The Hall–Kier alpha value is -0.770. The number of carbonyl (C=O) groups is 1. The highest BCUT2D eigenvalue weighted by atomic mass is 35.5. The molecule has 1 fully saturated rings. The largest absolute Gasteiger partial charge is 0.354 e. The number of rotatable bonds is 6. The summed E-state index contributed by atoms with van der Waals surface area (Å²) in [4.78, 5) is 12.4. The molecule has 1 saturated carbocycles. The van der Waals surface area contributed by atoms with E-state index in [0.717, 1.165) is 24.9 Å². The number of carbonyl (C=O) groups excluding carboxylic acids is 1. The Morgan fingerprint density at radius 2 is 2.15 bits per heavy atom. The van der Waals surface area contributed by atoms with E-state index in [4.69, 9.17) is 11.6 Å². The molecule has 0 bridgehead atoms. The molecule has 2 rings (SSSR count). The number of benzene rings is 1. The molecular formula is C15H22Cl2N2O. The SMILES string of the molecule is CCN[C@H](C)CNC(=O)C1(c2cccc(Cl)c2)CC1.Cl. The third-order valence-electron chi connectivity index (χ3n) is 3.68. The van der Waals surface area contributed by atoms with Crippen molar-refractivity contribution in [3.63, 3.8) is 0 Å². The molecule has 1 aromatic rings. The quantitative estimate of drug-likeness (QED) is 0.847. The van der Waals surface area contributed by atoms with Crippen LogP contribution in [-0.2, 0) is 10.2 Å². The molecule has 0 aromatic heterocycles. The first kappa shape index (κ1) is 17.3. The molecule has 2 N–H and O–H groups in total. The lowest BCUT2D eigenvalue weighted by Gasteiger charge is -2.19. The summed E-state index contributed by atoms with van der Waals surface area (Å²) in [6.45, 7) is 5.71. The van der Waals surface area contributed by atoms with Crippen molar-refractivity contribution in [1.82, 2.24) is 10.6 Å². The van der Waals surface area contributed by atoms with Gasteiger partial charge in [0.1, 0.15) is 0 Å².